The largest absolute Gasteiger partial charge is 0.486 e. The molecule has 5 nitrogen and oxygen atoms in total. The van der Waals surface area contributed by atoms with Crippen LogP contribution in [0.1, 0.15) is 5.56 Å². The zero-order valence-corrected chi connectivity index (χ0v) is 11.1. The van der Waals surface area contributed by atoms with Crippen LogP contribution < -0.4 is 20.5 Å². The lowest BCUT2D eigenvalue weighted by atomic mass is 10.1. The maximum Gasteiger partial charge on any atom is 0.161 e. The topological polar surface area (TPSA) is 69.4 Å². The molecule has 0 aliphatic carbocycles. The summed E-state index contributed by atoms with van der Waals surface area (Å²) in [6.07, 6.45) is 2.64. The minimum absolute atomic E-state index is 0.530. The Morgan fingerprint density at radius 2 is 1.95 bits per heavy atom. The number of hydrogen-bond donors (Lipinski definition) is 2. The van der Waals surface area contributed by atoms with Crippen LogP contribution in [0.25, 0.3) is 0 Å². The molecule has 1 aliphatic rings. The number of nitrogens with one attached hydrogen (secondary N) is 1. The summed E-state index contributed by atoms with van der Waals surface area (Å²) in [6.45, 7) is 2.06. The normalized spacial score (nSPS) is 13.0. The van der Waals surface area contributed by atoms with Gasteiger partial charge in [-0.25, -0.2) is 4.98 Å². The maximum atomic E-state index is 5.57. The molecule has 0 bridgehead atoms. The van der Waals surface area contributed by atoms with Gasteiger partial charge in [0.05, 0.1) is 11.9 Å². The van der Waals surface area contributed by atoms with E-state index in [9.17, 15) is 0 Å². The third-order valence-corrected chi connectivity index (χ3v) is 3.14. The highest BCUT2D eigenvalue weighted by Crippen LogP contribution is 2.30. The van der Waals surface area contributed by atoms with Crippen LogP contribution in [0.2, 0.25) is 0 Å². The predicted molar refractivity (Wildman–Crippen MR) is 78.3 cm³/mol. The second-order valence-corrected chi connectivity index (χ2v) is 4.63. The molecular weight excluding hydrogens is 254 g/mol. The molecular formula is C15H17N3O2. The van der Waals surface area contributed by atoms with Gasteiger partial charge in [0.2, 0.25) is 0 Å². The number of nitrogen functional groups attached to an aromatic ring is 1. The first-order valence-electron chi connectivity index (χ1n) is 6.65. The zero-order valence-electron chi connectivity index (χ0n) is 11.1. The van der Waals surface area contributed by atoms with Crippen molar-refractivity contribution >= 4 is 11.5 Å². The van der Waals surface area contributed by atoms with Crippen LogP contribution >= 0.6 is 0 Å². The van der Waals surface area contributed by atoms with Crippen LogP contribution in [-0.4, -0.2) is 24.7 Å². The van der Waals surface area contributed by atoms with Crippen molar-refractivity contribution in [1.82, 2.24) is 4.98 Å². The third kappa shape index (κ3) is 2.93. The number of fused-ring (bicyclic) bond motifs is 1. The molecule has 20 heavy (non-hydrogen) atoms. The van der Waals surface area contributed by atoms with Gasteiger partial charge < -0.3 is 20.5 Å². The van der Waals surface area contributed by atoms with Gasteiger partial charge in [-0.15, -0.1) is 0 Å². The van der Waals surface area contributed by atoms with Crippen molar-refractivity contribution in [3.05, 3.63) is 42.1 Å². The van der Waals surface area contributed by atoms with Crippen LogP contribution in [0.15, 0.2) is 36.5 Å². The van der Waals surface area contributed by atoms with Gasteiger partial charge in [0.25, 0.3) is 0 Å². The molecule has 3 rings (SSSR count). The van der Waals surface area contributed by atoms with Crippen molar-refractivity contribution in [2.24, 2.45) is 0 Å². The highest BCUT2D eigenvalue weighted by atomic mass is 16.6. The van der Waals surface area contributed by atoms with E-state index in [0.29, 0.717) is 19.0 Å². The number of nitrogens with two attached hydrogens (primary N) is 1. The van der Waals surface area contributed by atoms with E-state index in [1.165, 1.54) is 5.56 Å². The van der Waals surface area contributed by atoms with Gasteiger partial charge in [0.1, 0.15) is 19.0 Å². The molecule has 0 amide bonds. The molecule has 2 aromatic rings. The quantitative estimate of drug-likeness (QED) is 0.891. The summed E-state index contributed by atoms with van der Waals surface area (Å²) in [5.74, 6) is 2.20. The Hall–Kier alpha value is -2.43. The molecule has 5 heteroatoms. The van der Waals surface area contributed by atoms with Gasteiger partial charge >= 0.3 is 0 Å². The first kappa shape index (κ1) is 12.6. The monoisotopic (exact) mass is 271 g/mol. The van der Waals surface area contributed by atoms with Gasteiger partial charge in [0.15, 0.2) is 11.5 Å². The van der Waals surface area contributed by atoms with Gasteiger partial charge in [-0.05, 0) is 36.2 Å². The Morgan fingerprint density at radius 3 is 2.75 bits per heavy atom. The van der Waals surface area contributed by atoms with Crippen LogP contribution in [0, 0.1) is 0 Å². The zero-order chi connectivity index (χ0) is 13.8. The minimum Gasteiger partial charge on any atom is -0.486 e. The fraction of sp³-hybridized carbons (Fsp3) is 0.267. The van der Waals surface area contributed by atoms with Crippen LogP contribution in [-0.2, 0) is 6.42 Å². The molecule has 0 saturated carbocycles. The smallest absolute Gasteiger partial charge is 0.161 e. The average Bonchev–Trinajstić information content (AvgIpc) is 2.49. The number of benzene rings is 1. The van der Waals surface area contributed by atoms with E-state index in [-0.39, 0.29) is 0 Å². The molecule has 0 radical (unpaired) electrons. The second-order valence-electron chi connectivity index (χ2n) is 4.63. The summed E-state index contributed by atoms with van der Waals surface area (Å²) in [6, 6.07) is 9.78. The first-order chi connectivity index (χ1) is 9.81. The lowest BCUT2D eigenvalue weighted by Gasteiger charge is -2.19. The number of ether oxygens (including phenoxy) is 2. The predicted octanol–water partition coefficient (Wildman–Crippen LogP) is 2.09. The Labute approximate surface area is 117 Å². The highest BCUT2D eigenvalue weighted by Gasteiger charge is 2.11. The minimum atomic E-state index is 0.530. The van der Waals surface area contributed by atoms with E-state index >= 15 is 0 Å². The maximum absolute atomic E-state index is 5.57. The van der Waals surface area contributed by atoms with Crippen molar-refractivity contribution in [2.75, 3.05) is 30.8 Å². The summed E-state index contributed by atoms with van der Waals surface area (Å²) in [4.78, 5) is 4.04. The molecule has 104 valence electrons. The molecule has 2 heterocycles. The second kappa shape index (κ2) is 5.69. The van der Waals surface area contributed by atoms with Crippen molar-refractivity contribution in [3.63, 3.8) is 0 Å². The highest BCUT2D eigenvalue weighted by molar-refractivity contribution is 5.46. The number of aromatic nitrogens is 1. The Morgan fingerprint density at radius 1 is 1.10 bits per heavy atom. The number of hydrogen-bond acceptors (Lipinski definition) is 5. The molecule has 0 spiro atoms. The molecule has 1 aliphatic heterocycles. The third-order valence-electron chi connectivity index (χ3n) is 3.14. The number of rotatable bonds is 4. The SMILES string of the molecule is Nc1ccc(NCCc2ccc3c(c2)OCCO3)cn1. The van der Waals surface area contributed by atoms with Crippen LogP contribution in [0.3, 0.4) is 0 Å². The van der Waals surface area contributed by atoms with Gasteiger partial charge in [0, 0.05) is 6.54 Å². The molecule has 0 unspecified atom stereocenters. The van der Waals surface area contributed by atoms with E-state index in [4.69, 9.17) is 15.2 Å². The Balaban J connectivity index is 1.57. The lowest BCUT2D eigenvalue weighted by Crippen LogP contribution is -2.15. The molecule has 0 saturated heterocycles. The van der Waals surface area contributed by atoms with Crippen molar-refractivity contribution in [2.45, 2.75) is 6.42 Å². The van der Waals surface area contributed by atoms with E-state index in [2.05, 4.69) is 16.4 Å². The molecule has 0 atom stereocenters. The van der Waals surface area contributed by atoms with Crippen LogP contribution in [0.5, 0.6) is 11.5 Å². The lowest BCUT2D eigenvalue weighted by molar-refractivity contribution is 0.171. The van der Waals surface area contributed by atoms with Crippen LogP contribution in [0.4, 0.5) is 11.5 Å². The standard InChI is InChI=1S/C15H17N3O2/c16-15-4-2-12(10-18-15)17-6-5-11-1-3-13-14(9-11)20-8-7-19-13/h1-4,9-10,17H,5-8H2,(H2,16,18). The van der Waals surface area contributed by atoms with Crippen molar-refractivity contribution in [3.8, 4) is 11.5 Å². The van der Waals surface area contributed by atoms with Gasteiger partial charge in [-0.2, -0.15) is 0 Å². The number of pyridine rings is 1. The number of nitrogens with zero attached hydrogens (tertiary/aromatic N) is 1. The summed E-state index contributed by atoms with van der Waals surface area (Å²) in [7, 11) is 0. The summed E-state index contributed by atoms with van der Waals surface area (Å²) >= 11 is 0. The van der Waals surface area contributed by atoms with Gasteiger partial charge in [-0.1, -0.05) is 6.07 Å². The van der Waals surface area contributed by atoms with E-state index < -0.39 is 0 Å². The average molecular weight is 271 g/mol. The molecule has 3 N–H and O–H groups in total. The van der Waals surface area contributed by atoms with E-state index in [1.54, 1.807) is 12.3 Å². The summed E-state index contributed by atoms with van der Waals surface area (Å²) in [5, 5.41) is 3.31. The summed E-state index contributed by atoms with van der Waals surface area (Å²) < 4.78 is 11.1. The van der Waals surface area contributed by atoms with E-state index in [0.717, 1.165) is 30.2 Å². The fourth-order valence-corrected chi connectivity index (χ4v) is 2.10. The Bertz CT molecular complexity index is 584. The first-order valence-corrected chi connectivity index (χ1v) is 6.65. The fourth-order valence-electron chi connectivity index (χ4n) is 2.10. The Kier molecular flexibility index (Phi) is 3.58. The number of anilines is 2. The summed E-state index contributed by atoms with van der Waals surface area (Å²) in [5.41, 5.74) is 7.73. The van der Waals surface area contributed by atoms with Crippen molar-refractivity contribution < 1.29 is 9.47 Å². The molecule has 1 aromatic carbocycles. The molecule has 1 aromatic heterocycles. The van der Waals surface area contributed by atoms with Crippen molar-refractivity contribution in [1.29, 1.82) is 0 Å². The molecule has 0 fully saturated rings. The van der Waals surface area contributed by atoms with Gasteiger partial charge in [-0.3, -0.25) is 0 Å². The van der Waals surface area contributed by atoms with E-state index in [1.807, 2.05) is 18.2 Å².